The number of carbonyl (C=O) groups is 1. The van der Waals surface area contributed by atoms with Crippen molar-refractivity contribution in [3.05, 3.63) is 24.3 Å². The van der Waals surface area contributed by atoms with E-state index in [0.717, 1.165) is 44.9 Å². The predicted molar refractivity (Wildman–Crippen MR) is 114 cm³/mol. The highest BCUT2D eigenvalue weighted by molar-refractivity contribution is 5.69. The van der Waals surface area contributed by atoms with E-state index in [1.54, 1.807) is 0 Å². The molecule has 1 fully saturated rings. The number of aliphatic hydroxyl groups excluding tert-OH is 1. The van der Waals surface area contributed by atoms with Gasteiger partial charge in [0.25, 0.3) is 0 Å². The highest BCUT2D eigenvalue weighted by atomic mass is 16.5. The van der Waals surface area contributed by atoms with Crippen LogP contribution in [0, 0.1) is 17.8 Å². The molecule has 162 valence electrons. The number of esters is 1. The maximum Gasteiger partial charge on any atom is 0.305 e. The molecule has 0 radical (unpaired) electrons. The van der Waals surface area contributed by atoms with Crippen LogP contribution in [0.25, 0.3) is 0 Å². The summed E-state index contributed by atoms with van der Waals surface area (Å²) in [6, 6.07) is 0. The molecular weight excluding hydrogens is 354 g/mol. The minimum Gasteiger partial charge on any atom is -0.469 e. The highest BCUT2D eigenvalue weighted by Crippen LogP contribution is 2.40. The van der Waals surface area contributed by atoms with Crippen molar-refractivity contribution in [3.8, 4) is 0 Å². The Morgan fingerprint density at radius 2 is 2.04 bits per heavy atom. The van der Waals surface area contributed by atoms with Crippen molar-refractivity contribution in [2.24, 2.45) is 23.5 Å². The third-order valence-corrected chi connectivity index (χ3v) is 5.90. The van der Waals surface area contributed by atoms with Crippen LogP contribution >= 0.6 is 0 Å². The van der Waals surface area contributed by atoms with Crippen LogP contribution < -0.4 is 5.73 Å². The molecule has 5 heteroatoms. The molecule has 0 spiro atoms. The van der Waals surface area contributed by atoms with Crippen molar-refractivity contribution >= 4 is 5.97 Å². The molecule has 0 saturated heterocycles. The summed E-state index contributed by atoms with van der Waals surface area (Å²) in [6.07, 6.45) is 15.4. The van der Waals surface area contributed by atoms with Crippen LogP contribution in [-0.2, 0) is 9.53 Å². The number of carbonyl (C=O) groups excluding carboxylic acids is 1. The van der Waals surface area contributed by atoms with Crippen LogP contribution in [0.4, 0.5) is 0 Å². The first-order chi connectivity index (χ1) is 13.3. The summed E-state index contributed by atoms with van der Waals surface area (Å²) < 4.78 is 4.64. The summed E-state index contributed by atoms with van der Waals surface area (Å²) in [6.45, 7) is 4.56. The first-order valence-electron chi connectivity index (χ1n) is 10.9. The van der Waals surface area contributed by atoms with E-state index in [0.29, 0.717) is 19.4 Å². The Hall–Kier alpha value is -1.17. The summed E-state index contributed by atoms with van der Waals surface area (Å²) in [7, 11) is 1.41. The van der Waals surface area contributed by atoms with Crippen molar-refractivity contribution in [1.29, 1.82) is 0 Å². The normalized spacial score (nSPS) is 27.5. The van der Waals surface area contributed by atoms with Gasteiger partial charge in [-0.3, -0.25) is 4.79 Å². The maximum atomic E-state index is 11.1. The van der Waals surface area contributed by atoms with Gasteiger partial charge in [0, 0.05) is 6.42 Å². The molecule has 0 heterocycles. The number of allylic oxidation sites excluding steroid dienone is 3. The van der Waals surface area contributed by atoms with Crippen LogP contribution in [0.3, 0.4) is 0 Å². The minimum atomic E-state index is -0.809. The highest BCUT2D eigenvalue weighted by Gasteiger charge is 2.39. The number of ether oxygens (including phenoxy) is 1. The Morgan fingerprint density at radius 1 is 1.29 bits per heavy atom. The van der Waals surface area contributed by atoms with Crippen LogP contribution in [0.15, 0.2) is 24.3 Å². The minimum absolute atomic E-state index is 0.119. The van der Waals surface area contributed by atoms with E-state index in [2.05, 4.69) is 29.9 Å². The van der Waals surface area contributed by atoms with Gasteiger partial charge in [-0.1, -0.05) is 50.5 Å². The van der Waals surface area contributed by atoms with E-state index in [1.165, 1.54) is 7.11 Å². The van der Waals surface area contributed by atoms with E-state index in [4.69, 9.17) is 5.73 Å². The molecule has 1 aliphatic rings. The summed E-state index contributed by atoms with van der Waals surface area (Å²) in [5.41, 5.74) is 5.14. The van der Waals surface area contributed by atoms with Gasteiger partial charge in [0.05, 0.1) is 18.8 Å². The van der Waals surface area contributed by atoms with Crippen molar-refractivity contribution in [2.75, 3.05) is 13.7 Å². The fourth-order valence-electron chi connectivity index (χ4n) is 4.09. The van der Waals surface area contributed by atoms with E-state index < -0.39 is 5.60 Å². The van der Waals surface area contributed by atoms with Gasteiger partial charge in [0.1, 0.15) is 0 Å². The molecular formula is C23H41NO4. The van der Waals surface area contributed by atoms with Crippen molar-refractivity contribution < 1.29 is 19.7 Å². The average Bonchev–Trinajstić information content (AvgIpc) is 2.97. The van der Waals surface area contributed by atoms with E-state index >= 15 is 0 Å². The number of nitrogens with two attached hydrogens (primary N) is 1. The Kier molecular flexibility index (Phi) is 11.7. The van der Waals surface area contributed by atoms with Gasteiger partial charge in [-0.2, -0.15) is 0 Å². The van der Waals surface area contributed by atoms with Crippen molar-refractivity contribution in [1.82, 2.24) is 0 Å². The smallest absolute Gasteiger partial charge is 0.305 e. The lowest BCUT2D eigenvalue weighted by molar-refractivity contribution is -0.140. The Morgan fingerprint density at radius 3 is 2.68 bits per heavy atom. The number of hydrogen-bond donors (Lipinski definition) is 3. The van der Waals surface area contributed by atoms with Crippen LogP contribution in [0.1, 0.15) is 71.6 Å². The maximum absolute atomic E-state index is 11.1. The van der Waals surface area contributed by atoms with Gasteiger partial charge in [-0.05, 0) is 63.3 Å². The van der Waals surface area contributed by atoms with Crippen molar-refractivity contribution in [3.63, 3.8) is 0 Å². The molecule has 0 bridgehead atoms. The predicted octanol–water partition coefficient (Wildman–Crippen LogP) is 3.74. The first kappa shape index (κ1) is 24.9. The van der Waals surface area contributed by atoms with E-state index in [-0.39, 0.29) is 29.8 Å². The first-order valence-corrected chi connectivity index (χ1v) is 10.9. The molecule has 0 aromatic carbocycles. The molecule has 28 heavy (non-hydrogen) atoms. The van der Waals surface area contributed by atoms with Gasteiger partial charge < -0.3 is 20.7 Å². The fraction of sp³-hybridized carbons (Fsp3) is 0.783. The molecule has 4 N–H and O–H groups in total. The second-order valence-electron chi connectivity index (χ2n) is 8.39. The topological polar surface area (TPSA) is 92.8 Å². The molecule has 5 atom stereocenters. The molecule has 1 unspecified atom stereocenters. The van der Waals surface area contributed by atoms with Crippen molar-refractivity contribution in [2.45, 2.75) is 83.3 Å². The van der Waals surface area contributed by atoms with E-state index in [1.807, 2.05) is 13.0 Å². The second-order valence-corrected chi connectivity index (χ2v) is 8.39. The molecule has 1 rings (SSSR count). The summed E-state index contributed by atoms with van der Waals surface area (Å²) >= 11 is 0. The molecule has 0 aromatic rings. The standard InChI is InChI=1S/C23H41NO4/c1-4-5-10-14-23(2,27)15-13-19-18(17-24)16-21(25)20(19)11-8-6-7-9-12-22(26)28-3/h6,8,13,15,18-21,25,27H,4-5,7,9-12,14,16-17,24H2,1-3H3/b8-6-,15-13+/t18-,19-,20+,21-,23?/m0/s1. The lowest BCUT2D eigenvalue weighted by Gasteiger charge is -2.24. The van der Waals surface area contributed by atoms with Crippen LogP contribution in [-0.4, -0.2) is 41.5 Å². The van der Waals surface area contributed by atoms with Gasteiger partial charge in [-0.25, -0.2) is 0 Å². The number of rotatable bonds is 13. The summed E-state index contributed by atoms with van der Waals surface area (Å²) in [4.78, 5) is 11.1. The third-order valence-electron chi connectivity index (χ3n) is 5.90. The zero-order valence-electron chi connectivity index (χ0n) is 18.0. The lowest BCUT2D eigenvalue weighted by Crippen LogP contribution is -2.25. The number of aliphatic hydroxyl groups is 2. The molecule has 5 nitrogen and oxygen atoms in total. The van der Waals surface area contributed by atoms with Crippen LogP contribution in [0.5, 0.6) is 0 Å². The Bertz CT molecular complexity index is 501. The number of unbranched alkanes of at least 4 members (excludes halogenated alkanes) is 3. The summed E-state index contributed by atoms with van der Waals surface area (Å²) in [5, 5.41) is 21.1. The van der Waals surface area contributed by atoms with Gasteiger partial charge >= 0.3 is 5.97 Å². The monoisotopic (exact) mass is 395 g/mol. The van der Waals surface area contributed by atoms with Crippen LogP contribution in [0.2, 0.25) is 0 Å². The Labute approximate surface area is 171 Å². The number of methoxy groups -OCH3 is 1. The lowest BCUT2D eigenvalue weighted by atomic mass is 9.84. The summed E-state index contributed by atoms with van der Waals surface area (Å²) in [5.74, 6) is 0.363. The number of hydrogen-bond acceptors (Lipinski definition) is 5. The SMILES string of the molecule is CCCCCC(C)(O)/C=C/[C@H]1[C@H](CN)C[C@H](O)[C@@H]1C/C=C\CCCC(=O)OC. The zero-order valence-corrected chi connectivity index (χ0v) is 18.0. The largest absolute Gasteiger partial charge is 0.469 e. The second kappa shape index (κ2) is 13.1. The average molecular weight is 396 g/mol. The fourth-order valence-corrected chi connectivity index (χ4v) is 4.09. The van der Waals surface area contributed by atoms with E-state index in [9.17, 15) is 15.0 Å². The molecule has 0 amide bonds. The molecule has 0 aromatic heterocycles. The van der Waals surface area contributed by atoms with Gasteiger partial charge in [0.15, 0.2) is 0 Å². The third kappa shape index (κ3) is 8.89. The molecule has 1 aliphatic carbocycles. The quantitative estimate of drug-likeness (QED) is 0.251. The molecule has 1 saturated carbocycles. The van der Waals surface area contributed by atoms with Gasteiger partial charge in [-0.15, -0.1) is 0 Å². The Balaban J connectivity index is 2.62. The molecule has 0 aliphatic heterocycles. The zero-order chi connectivity index (χ0) is 21.0. The van der Waals surface area contributed by atoms with Gasteiger partial charge in [0.2, 0.25) is 0 Å².